The zero-order valence-corrected chi connectivity index (χ0v) is 21.6. The van der Waals surface area contributed by atoms with E-state index in [-0.39, 0.29) is 30.2 Å². The molecule has 1 atom stereocenters. The minimum atomic E-state index is -0.550. The van der Waals surface area contributed by atoms with Gasteiger partial charge in [-0.3, -0.25) is 14.4 Å². The van der Waals surface area contributed by atoms with Crippen LogP contribution in [0.25, 0.3) is 10.8 Å². The number of anilines is 1. The number of nitrogens with one attached hydrogen (secondary N) is 1. The number of carbonyl (C=O) groups is 3. The van der Waals surface area contributed by atoms with Crippen molar-refractivity contribution >= 4 is 34.2 Å². The van der Waals surface area contributed by atoms with Gasteiger partial charge in [-0.15, -0.1) is 0 Å². The molecule has 1 heterocycles. The molecule has 3 amide bonds. The first-order valence-corrected chi connectivity index (χ1v) is 12.8. The molecule has 0 fully saturated rings. The Labute approximate surface area is 213 Å². The Balaban J connectivity index is 1.50. The fourth-order valence-electron chi connectivity index (χ4n) is 5.00. The van der Waals surface area contributed by atoms with Gasteiger partial charge < -0.3 is 15.1 Å². The number of hydrogen-bond acceptors (Lipinski definition) is 3. The van der Waals surface area contributed by atoms with Gasteiger partial charge in [-0.1, -0.05) is 55.5 Å². The van der Waals surface area contributed by atoms with E-state index in [9.17, 15) is 14.4 Å². The van der Waals surface area contributed by atoms with Crippen LogP contribution in [0.1, 0.15) is 61.5 Å². The van der Waals surface area contributed by atoms with Gasteiger partial charge in [0.05, 0.1) is 5.69 Å². The standard InChI is InChI=1S/C30H35N3O3/c1-5-25(29(35)31-20(2)3)33(19-23-12-7-6-11-21(23)4)27(34)17-10-18-32-26-16-9-14-22-13-8-15-24(28(22)26)30(32)36/h6-9,11-16,20,25H,5,10,17-19H2,1-4H3,(H,31,35)/t25-/m0/s1. The maximum atomic E-state index is 13.6. The van der Waals surface area contributed by atoms with Crippen molar-refractivity contribution in [2.24, 2.45) is 0 Å². The van der Waals surface area contributed by atoms with Gasteiger partial charge in [0.25, 0.3) is 5.91 Å². The second-order valence-electron chi connectivity index (χ2n) is 9.78. The Kier molecular flexibility index (Phi) is 7.73. The summed E-state index contributed by atoms with van der Waals surface area (Å²) < 4.78 is 0. The van der Waals surface area contributed by atoms with Crippen molar-refractivity contribution in [2.75, 3.05) is 11.4 Å². The first-order chi connectivity index (χ1) is 17.3. The van der Waals surface area contributed by atoms with Gasteiger partial charge >= 0.3 is 0 Å². The number of aryl methyl sites for hydroxylation is 1. The van der Waals surface area contributed by atoms with Crippen LogP contribution in [0, 0.1) is 6.92 Å². The molecule has 3 aromatic rings. The topological polar surface area (TPSA) is 69.7 Å². The molecule has 0 spiro atoms. The molecule has 6 nitrogen and oxygen atoms in total. The highest BCUT2D eigenvalue weighted by molar-refractivity contribution is 6.25. The van der Waals surface area contributed by atoms with Gasteiger partial charge in [0, 0.05) is 36.5 Å². The maximum Gasteiger partial charge on any atom is 0.258 e. The van der Waals surface area contributed by atoms with Crippen molar-refractivity contribution in [3.05, 3.63) is 77.4 Å². The average molecular weight is 486 g/mol. The van der Waals surface area contributed by atoms with Crippen LogP contribution in [0.4, 0.5) is 5.69 Å². The summed E-state index contributed by atoms with van der Waals surface area (Å²) >= 11 is 0. The molecule has 36 heavy (non-hydrogen) atoms. The molecule has 0 unspecified atom stereocenters. The molecule has 1 aliphatic heterocycles. The molecule has 6 heteroatoms. The van der Waals surface area contributed by atoms with Gasteiger partial charge in [-0.2, -0.15) is 0 Å². The molecular weight excluding hydrogens is 450 g/mol. The van der Waals surface area contributed by atoms with E-state index in [4.69, 9.17) is 0 Å². The summed E-state index contributed by atoms with van der Waals surface area (Å²) in [5.74, 6) is -0.230. The molecule has 0 aromatic heterocycles. The van der Waals surface area contributed by atoms with Gasteiger partial charge in [0.2, 0.25) is 11.8 Å². The Morgan fingerprint density at radius 1 is 1.00 bits per heavy atom. The molecule has 1 N–H and O–H groups in total. The van der Waals surface area contributed by atoms with E-state index in [1.807, 2.05) is 88.4 Å². The summed E-state index contributed by atoms with van der Waals surface area (Å²) in [6.45, 7) is 8.62. The van der Waals surface area contributed by atoms with Gasteiger partial charge in [-0.25, -0.2) is 0 Å². The Bertz CT molecular complexity index is 1280. The lowest BCUT2D eigenvalue weighted by Gasteiger charge is -2.32. The molecule has 188 valence electrons. The highest BCUT2D eigenvalue weighted by Gasteiger charge is 2.31. The molecule has 4 rings (SSSR count). The van der Waals surface area contributed by atoms with E-state index in [0.29, 0.717) is 31.5 Å². The summed E-state index contributed by atoms with van der Waals surface area (Å²) in [5, 5.41) is 5.00. The minimum Gasteiger partial charge on any atom is -0.352 e. The van der Waals surface area contributed by atoms with Crippen LogP contribution < -0.4 is 10.2 Å². The predicted octanol–water partition coefficient (Wildman–Crippen LogP) is 5.22. The lowest BCUT2D eigenvalue weighted by molar-refractivity contribution is -0.141. The number of carbonyl (C=O) groups excluding carboxylic acids is 3. The van der Waals surface area contributed by atoms with Crippen molar-refractivity contribution in [3.63, 3.8) is 0 Å². The van der Waals surface area contributed by atoms with E-state index in [1.165, 1.54) is 0 Å². The summed E-state index contributed by atoms with van der Waals surface area (Å²) in [6.07, 6.45) is 1.30. The smallest absolute Gasteiger partial charge is 0.258 e. The number of nitrogens with zero attached hydrogens (tertiary/aromatic N) is 2. The molecule has 0 saturated heterocycles. The second kappa shape index (κ2) is 10.9. The monoisotopic (exact) mass is 485 g/mol. The number of hydrogen-bond donors (Lipinski definition) is 1. The number of benzene rings is 3. The quantitative estimate of drug-likeness (QED) is 0.428. The van der Waals surface area contributed by atoms with Crippen molar-refractivity contribution < 1.29 is 14.4 Å². The van der Waals surface area contributed by atoms with Crippen molar-refractivity contribution in [2.45, 2.75) is 65.6 Å². The SMILES string of the molecule is CC[C@@H](C(=O)NC(C)C)N(Cc1ccccc1C)C(=O)CCCN1C(=O)c2cccc3cccc1c23. The zero-order chi connectivity index (χ0) is 25.8. The minimum absolute atomic E-state index is 0.00696. The fraction of sp³-hybridized carbons (Fsp3) is 0.367. The summed E-state index contributed by atoms with van der Waals surface area (Å²) in [4.78, 5) is 43.1. The zero-order valence-electron chi connectivity index (χ0n) is 21.6. The van der Waals surface area contributed by atoms with Crippen LogP contribution in [-0.2, 0) is 16.1 Å². The van der Waals surface area contributed by atoms with Crippen molar-refractivity contribution in [1.29, 1.82) is 0 Å². The van der Waals surface area contributed by atoms with Crippen LogP contribution in [0.15, 0.2) is 60.7 Å². The third-order valence-corrected chi connectivity index (χ3v) is 6.84. The van der Waals surface area contributed by atoms with Gasteiger partial charge in [0.15, 0.2) is 0 Å². The number of amides is 3. The predicted molar refractivity (Wildman–Crippen MR) is 144 cm³/mol. The summed E-state index contributed by atoms with van der Waals surface area (Å²) in [7, 11) is 0. The van der Waals surface area contributed by atoms with Crippen LogP contribution in [-0.4, -0.2) is 41.2 Å². The van der Waals surface area contributed by atoms with Gasteiger partial charge in [0.1, 0.15) is 6.04 Å². The van der Waals surface area contributed by atoms with Crippen LogP contribution >= 0.6 is 0 Å². The van der Waals surface area contributed by atoms with E-state index in [2.05, 4.69) is 5.32 Å². The normalized spacial score (nSPS) is 13.4. The largest absolute Gasteiger partial charge is 0.352 e. The lowest BCUT2D eigenvalue weighted by Crippen LogP contribution is -2.50. The molecule has 0 aliphatic carbocycles. The van der Waals surface area contributed by atoms with Crippen molar-refractivity contribution in [1.82, 2.24) is 10.2 Å². The Morgan fingerprint density at radius 2 is 1.72 bits per heavy atom. The van der Waals surface area contributed by atoms with Crippen LogP contribution in [0.2, 0.25) is 0 Å². The van der Waals surface area contributed by atoms with E-state index in [1.54, 1.807) is 9.80 Å². The summed E-state index contributed by atoms with van der Waals surface area (Å²) in [6, 6.07) is 19.1. The molecule has 0 radical (unpaired) electrons. The highest BCUT2D eigenvalue weighted by Crippen LogP contribution is 2.37. The lowest BCUT2D eigenvalue weighted by atomic mass is 10.0. The third kappa shape index (κ3) is 5.13. The van der Waals surface area contributed by atoms with E-state index >= 15 is 0 Å². The third-order valence-electron chi connectivity index (χ3n) is 6.84. The molecule has 1 aliphatic rings. The van der Waals surface area contributed by atoms with Crippen LogP contribution in [0.3, 0.4) is 0 Å². The molecule has 0 saturated carbocycles. The average Bonchev–Trinajstić information content (AvgIpc) is 3.12. The Morgan fingerprint density at radius 3 is 2.42 bits per heavy atom. The second-order valence-corrected chi connectivity index (χ2v) is 9.78. The van der Waals surface area contributed by atoms with Crippen LogP contribution in [0.5, 0.6) is 0 Å². The maximum absolute atomic E-state index is 13.6. The number of rotatable bonds is 10. The Hall–Kier alpha value is -3.67. The fourth-order valence-corrected chi connectivity index (χ4v) is 5.00. The summed E-state index contributed by atoms with van der Waals surface area (Å²) in [5.41, 5.74) is 3.73. The van der Waals surface area contributed by atoms with E-state index in [0.717, 1.165) is 27.6 Å². The van der Waals surface area contributed by atoms with E-state index < -0.39 is 6.04 Å². The molecule has 0 bridgehead atoms. The molecule has 3 aromatic carbocycles. The highest BCUT2D eigenvalue weighted by atomic mass is 16.2. The van der Waals surface area contributed by atoms with Gasteiger partial charge in [-0.05, 0) is 62.3 Å². The van der Waals surface area contributed by atoms with Crippen molar-refractivity contribution in [3.8, 4) is 0 Å². The molecular formula is C30H35N3O3. The first kappa shape index (κ1) is 25.4. The first-order valence-electron chi connectivity index (χ1n) is 12.8.